The zero-order valence-electron chi connectivity index (χ0n) is 9.99. The second-order valence-electron chi connectivity index (χ2n) is 2.66. The van der Waals surface area contributed by atoms with Crippen molar-refractivity contribution < 1.29 is 9.47 Å². The molecule has 0 atom stereocenters. The number of para-hydroxylation sites is 2. The molecule has 2 nitrogen and oxygen atoms in total. The van der Waals surface area contributed by atoms with Gasteiger partial charge in [0.15, 0.2) is 11.5 Å². The van der Waals surface area contributed by atoms with E-state index in [1.54, 1.807) is 0 Å². The molecule has 1 aliphatic heterocycles. The first-order valence-electron chi connectivity index (χ1n) is 5.45. The van der Waals surface area contributed by atoms with Gasteiger partial charge in [-0.05, 0) is 12.1 Å². The maximum Gasteiger partial charge on any atom is 0.169 e. The van der Waals surface area contributed by atoms with Gasteiger partial charge in [-0.3, -0.25) is 0 Å². The molecular formula is C13H20O2. The van der Waals surface area contributed by atoms with Crippen molar-refractivity contribution in [1.82, 2.24) is 0 Å². The number of rotatable bonds is 0. The lowest BCUT2D eigenvalue weighted by molar-refractivity contribution is 0.362. The van der Waals surface area contributed by atoms with Crippen LogP contribution in [0.4, 0.5) is 0 Å². The van der Waals surface area contributed by atoms with E-state index in [1.165, 1.54) is 18.9 Å². The molecule has 0 amide bonds. The number of hydrogen-bond acceptors (Lipinski definition) is 2. The normalized spacial score (nSPS) is 10.4. The molecule has 0 spiro atoms. The minimum atomic E-state index is 0.769. The largest absolute Gasteiger partial charge is 0.458 e. The molecule has 0 saturated heterocycles. The molecule has 0 fully saturated rings. The highest BCUT2D eigenvalue weighted by Crippen LogP contribution is 2.28. The fraction of sp³-hybridized carbons (Fsp3) is 0.385. The summed E-state index contributed by atoms with van der Waals surface area (Å²) in [5.41, 5.74) is 0. The zero-order chi connectivity index (χ0) is 11.5. The molecule has 0 radical (unpaired) electrons. The van der Waals surface area contributed by atoms with Crippen molar-refractivity contribution in [3.63, 3.8) is 0 Å². The van der Waals surface area contributed by atoms with Gasteiger partial charge < -0.3 is 9.47 Å². The van der Waals surface area contributed by atoms with Crippen LogP contribution in [0, 0.1) is 0 Å². The molecule has 2 heteroatoms. The molecule has 0 saturated carbocycles. The Labute approximate surface area is 92.5 Å². The van der Waals surface area contributed by atoms with E-state index in [1.807, 2.05) is 38.1 Å². The van der Waals surface area contributed by atoms with Gasteiger partial charge in [-0.1, -0.05) is 46.2 Å². The third kappa shape index (κ3) is 5.11. The Morgan fingerprint density at radius 1 is 0.867 bits per heavy atom. The predicted octanol–water partition coefficient (Wildman–Crippen LogP) is 4.37. The Bertz CT molecular complexity index is 253. The lowest BCUT2D eigenvalue weighted by Gasteiger charge is -2.10. The fourth-order valence-electron chi connectivity index (χ4n) is 0.847. The van der Waals surface area contributed by atoms with Crippen LogP contribution in [0.2, 0.25) is 0 Å². The molecule has 0 bridgehead atoms. The molecule has 0 aromatic heterocycles. The maximum atomic E-state index is 5.12. The molecule has 1 aromatic rings. The van der Waals surface area contributed by atoms with E-state index in [2.05, 4.69) is 13.8 Å². The minimum Gasteiger partial charge on any atom is -0.458 e. The summed E-state index contributed by atoms with van der Waals surface area (Å²) in [6, 6.07) is 7.53. The van der Waals surface area contributed by atoms with Crippen LogP contribution in [0.5, 0.6) is 11.5 Å². The first kappa shape index (κ1) is 13.6. The van der Waals surface area contributed by atoms with Crippen LogP contribution in [0.3, 0.4) is 0 Å². The van der Waals surface area contributed by atoms with E-state index in [0.717, 1.165) is 11.5 Å². The molecule has 1 aliphatic rings. The SMILES string of the molecule is C1=COc2ccccc2O1.CC.CCC. The van der Waals surface area contributed by atoms with E-state index >= 15 is 0 Å². The van der Waals surface area contributed by atoms with E-state index in [-0.39, 0.29) is 0 Å². The van der Waals surface area contributed by atoms with Gasteiger partial charge in [0, 0.05) is 0 Å². The summed E-state index contributed by atoms with van der Waals surface area (Å²) in [4.78, 5) is 0. The number of fused-ring (bicyclic) bond motifs is 1. The van der Waals surface area contributed by atoms with Crippen molar-refractivity contribution in [2.24, 2.45) is 0 Å². The van der Waals surface area contributed by atoms with Crippen LogP contribution >= 0.6 is 0 Å². The van der Waals surface area contributed by atoms with Crippen LogP contribution in [-0.2, 0) is 0 Å². The van der Waals surface area contributed by atoms with Gasteiger partial charge in [-0.25, -0.2) is 0 Å². The standard InChI is InChI=1S/C8H6O2.C3H8.C2H6/c1-2-4-8-7(3-1)9-5-6-10-8;1-3-2;1-2/h1-6H;3H2,1-2H3;1-2H3. The molecule has 1 heterocycles. The average molecular weight is 208 g/mol. The Hall–Kier alpha value is -1.44. The fourth-order valence-corrected chi connectivity index (χ4v) is 0.847. The number of ether oxygens (including phenoxy) is 2. The van der Waals surface area contributed by atoms with E-state index < -0.39 is 0 Å². The molecule has 0 unspecified atom stereocenters. The van der Waals surface area contributed by atoms with Gasteiger partial charge in [-0.15, -0.1) is 0 Å². The number of hydrogen-bond donors (Lipinski definition) is 0. The molecule has 0 aliphatic carbocycles. The van der Waals surface area contributed by atoms with Crippen LogP contribution in [-0.4, -0.2) is 0 Å². The highest BCUT2D eigenvalue weighted by molar-refractivity contribution is 5.41. The van der Waals surface area contributed by atoms with Crippen molar-refractivity contribution in [2.75, 3.05) is 0 Å². The summed E-state index contributed by atoms with van der Waals surface area (Å²) < 4.78 is 10.2. The molecular weight excluding hydrogens is 188 g/mol. The lowest BCUT2D eigenvalue weighted by Crippen LogP contribution is -1.94. The quantitative estimate of drug-likeness (QED) is 0.630. The van der Waals surface area contributed by atoms with Gasteiger partial charge in [0.1, 0.15) is 12.5 Å². The highest BCUT2D eigenvalue weighted by Gasteiger charge is 2.03. The maximum absolute atomic E-state index is 5.12. The number of benzene rings is 1. The summed E-state index contributed by atoms with van der Waals surface area (Å²) in [5, 5.41) is 0. The summed E-state index contributed by atoms with van der Waals surface area (Å²) in [6.07, 6.45) is 4.28. The summed E-state index contributed by atoms with van der Waals surface area (Å²) in [5.74, 6) is 1.54. The average Bonchev–Trinajstić information content (AvgIpc) is 2.33. The monoisotopic (exact) mass is 208 g/mol. The first-order valence-corrected chi connectivity index (χ1v) is 5.45. The van der Waals surface area contributed by atoms with Gasteiger partial charge in [-0.2, -0.15) is 0 Å². The highest BCUT2D eigenvalue weighted by atomic mass is 16.5. The van der Waals surface area contributed by atoms with Crippen molar-refractivity contribution in [1.29, 1.82) is 0 Å². The van der Waals surface area contributed by atoms with Gasteiger partial charge >= 0.3 is 0 Å². The molecule has 84 valence electrons. The third-order valence-electron chi connectivity index (χ3n) is 1.29. The lowest BCUT2D eigenvalue weighted by atomic mass is 10.3. The summed E-state index contributed by atoms with van der Waals surface area (Å²) >= 11 is 0. The van der Waals surface area contributed by atoms with Crippen LogP contribution < -0.4 is 9.47 Å². The van der Waals surface area contributed by atoms with Crippen LogP contribution in [0.25, 0.3) is 0 Å². The Morgan fingerprint density at radius 3 is 1.53 bits per heavy atom. The van der Waals surface area contributed by atoms with Crippen LogP contribution in [0.1, 0.15) is 34.1 Å². The van der Waals surface area contributed by atoms with Gasteiger partial charge in [0.05, 0.1) is 0 Å². The van der Waals surface area contributed by atoms with E-state index in [4.69, 9.17) is 9.47 Å². The molecule has 2 rings (SSSR count). The van der Waals surface area contributed by atoms with Crippen molar-refractivity contribution in [3.8, 4) is 11.5 Å². The summed E-state index contributed by atoms with van der Waals surface area (Å²) in [6.45, 7) is 8.25. The van der Waals surface area contributed by atoms with Crippen molar-refractivity contribution in [3.05, 3.63) is 36.8 Å². The minimum absolute atomic E-state index is 0.769. The van der Waals surface area contributed by atoms with Crippen LogP contribution in [0.15, 0.2) is 36.8 Å². The second-order valence-corrected chi connectivity index (χ2v) is 2.66. The summed E-state index contributed by atoms with van der Waals surface area (Å²) in [7, 11) is 0. The smallest absolute Gasteiger partial charge is 0.169 e. The molecule has 1 aromatic carbocycles. The topological polar surface area (TPSA) is 18.5 Å². The van der Waals surface area contributed by atoms with E-state index in [9.17, 15) is 0 Å². The van der Waals surface area contributed by atoms with E-state index in [0.29, 0.717) is 0 Å². The third-order valence-corrected chi connectivity index (χ3v) is 1.29. The Kier molecular flexibility index (Phi) is 8.25. The predicted molar refractivity (Wildman–Crippen MR) is 64.2 cm³/mol. The molecule has 0 N–H and O–H groups in total. The van der Waals surface area contributed by atoms with Crippen molar-refractivity contribution in [2.45, 2.75) is 34.1 Å². The molecule has 15 heavy (non-hydrogen) atoms. The van der Waals surface area contributed by atoms with Crippen molar-refractivity contribution >= 4 is 0 Å². The zero-order valence-corrected chi connectivity index (χ0v) is 9.99. The van der Waals surface area contributed by atoms with Gasteiger partial charge in [0.25, 0.3) is 0 Å². The Balaban J connectivity index is 0.000000342. The first-order chi connectivity index (χ1) is 7.38. The Morgan fingerprint density at radius 2 is 1.20 bits per heavy atom. The second kappa shape index (κ2) is 9.13. The van der Waals surface area contributed by atoms with Gasteiger partial charge in [0.2, 0.25) is 0 Å².